The van der Waals surface area contributed by atoms with Crippen LogP contribution in [0.3, 0.4) is 0 Å². The maximum absolute atomic E-state index is 13.1. The molecule has 0 aliphatic carbocycles. The van der Waals surface area contributed by atoms with Crippen LogP contribution in [-0.4, -0.2) is 41.5 Å². The molecule has 0 bridgehead atoms. The highest BCUT2D eigenvalue weighted by molar-refractivity contribution is 5.95. The van der Waals surface area contributed by atoms with Gasteiger partial charge in [0.1, 0.15) is 0 Å². The second kappa shape index (κ2) is 10.1. The largest absolute Gasteiger partial charge is 0.345 e. The van der Waals surface area contributed by atoms with Gasteiger partial charge in [-0.1, -0.05) is 36.4 Å². The van der Waals surface area contributed by atoms with Gasteiger partial charge in [0.25, 0.3) is 5.91 Å². The highest BCUT2D eigenvalue weighted by Gasteiger charge is 2.28. The second-order valence-electron chi connectivity index (χ2n) is 7.73. The van der Waals surface area contributed by atoms with Crippen molar-refractivity contribution in [2.45, 2.75) is 38.6 Å². The fourth-order valence-electron chi connectivity index (χ4n) is 3.81. The minimum Gasteiger partial charge on any atom is -0.345 e. The number of aryl methyl sites for hydroxylation is 1. The second-order valence-corrected chi connectivity index (χ2v) is 7.73. The van der Waals surface area contributed by atoms with Crippen molar-refractivity contribution in [1.82, 2.24) is 20.5 Å². The number of hydrogen-bond donors (Lipinski definition) is 2. The van der Waals surface area contributed by atoms with Gasteiger partial charge in [-0.3, -0.25) is 9.78 Å². The fraction of sp³-hybridized carbons (Fsp3) is 0.375. The van der Waals surface area contributed by atoms with Gasteiger partial charge < -0.3 is 15.5 Å². The Bertz CT molecular complexity index is 889. The third kappa shape index (κ3) is 5.26. The summed E-state index contributed by atoms with van der Waals surface area (Å²) in [6.07, 6.45) is 3.24. The minimum absolute atomic E-state index is 0.0693. The number of hydrogen-bond acceptors (Lipinski definition) is 3. The van der Waals surface area contributed by atoms with Crippen LogP contribution in [0.25, 0.3) is 0 Å². The van der Waals surface area contributed by atoms with E-state index in [1.807, 2.05) is 61.2 Å². The summed E-state index contributed by atoms with van der Waals surface area (Å²) < 4.78 is 0. The Balaban J connectivity index is 1.70. The molecule has 1 fully saturated rings. The van der Waals surface area contributed by atoms with E-state index in [9.17, 15) is 9.59 Å². The lowest BCUT2D eigenvalue weighted by atomic mass is 9.90. The molecule has 1 atom stereocenters. The van der Waals surface area contributed by atoms with Crippen molar-refractivity contribution in [2.75, 3.05) is 19.6 Å². The number of nitrogens with one attached hydrogen (secondary N) is 2. The van der Waals surface area contributed by atoms with E-state index >= 15 is 0 Å². The van der Waals surface area contributed by atoms with Gasteiger partial charge in [-0.15, -0.1) is 6.58 Å². The van der Waals surface area contributed by atoms with E-state index in [1.54, 1.807) is 6.08 Å². The number of amides is 3. The summed E-state index contributed by atoms with van der Waals surface area (Å²) >= 11 is 0. The number of piperidine rings is 1. The van der Waals surface area contributed by atoms with Crippen molar-refractivity contribution in [1.29, 1.82) is 0 Å². The summed E-state index contributed by atoms with van der Waals surface area (Å²) in [5.41, 5.74) is 3.41. The van der Waals surface area contributed by atoms with Crippen LogP contribution in [-0.2, 0) is 0 Å². The van der Waals surface area contributed by atoms with Crippen LogP contribution in [0.15, 0.2) is 55.1 Å². The van der Waals surface area contributed by atoms with E-state index in [4.69, 9.17) is 4.98 Å². The Labute approximate surface area is 178 Å². The maximum atomic E-state index is 13.1. The molecule has 30 heavy (non-hydrogen) atoms. The van der Waals surface area contributed by atoms with Crippen LogP contribution in [0.5, 0.6) is 0 Å². The first-order valence-electron chi connectivity index (χ1n) is 10.5. The number of nitrogens with zero attached hydrogens (tertiary/aromatic N) is 2. The van der Waals surface area contributed by atoms with Crippen molar-refractivity contribution in [3.63, 3.8) is 0 Å². The van der Waals surface area contributed by atoms with Crippen molar-refractivity contribution >= 4 is 11.9 Å². The van der Waals surface area contributed by atoms with Crippen molar-refractivity contribution < 1.29 is 9.59 Å². The molecule has 1 saturated heterocycles. The molecule has 1 unspecified atom stereocenters. The third-order valence-electron chi connectivity index (χ3n) is 5.52. The zero-order valence-corrected chi connectivity index (χ0v) is 17.7. The van der Waals surface area contributed by atoms with Crippen LogP contribution < -0.4 is 10.6 Å². The van der Waals surface area contributed by atoms with E-state index in [1.165, 1.54) is 0 Å². The number of benzene rings is 1. The van der Waals surface area contributed by atoms with E-state index in [2.05, 4.69) is 17.2 Å². The molecule has 2 N–H and O–H groups in total. The molecule has 2 heterocycles. The molecule has 6 nitrogen and oxygen atoms in total. The fourth-order valence-corrected chi connectivity index (χ4v) is 3.81. The molecule has 0 radical (unpaired) electrons. The molecule has 3 rings (SSSR count). The van der Waals surface area contributed by atoms with Gasteiger partial charge >= 0.3 is 6.03 Å². The lowest BCUT2D eigenvalue weighted by Gasteiger charge is -2.32. The Morgan fingerprint density at radius 3 is 2.57 bits per heavy atom. The summed E-state index contributed by atoms with van der Waals surface area (Å²) in [4.78, 5) is 31.8. The average molecular weight is 407 g/mol. The predicted molar refractivity (Wildman–Crippen MR) is 118 cm³/mol. The first-order valence-corrected chi connectivity index (χ1v) is 10.5. The van der Waals surface area contributed by atoms with Crippen molar-refractivity contribution in [3.8, 4) is 0 Å². The number of pyridine rings is 1. The topological polar surface area (TPSA) is 74.3 Å². The van der Waals surface area contributed by atoms with E-state index in [0.717, 1.165) is 29.8 Å². The summed E-state index contributed by atoms with van der Waals surface area (Å²) in [5.74, 6) is 0.0427. The third-order valence-corrected chi connectivity index (χ3v) is 5.52. The molecular formula is C24H30N4O2. The molecule has 0 spiro atoms. The highest BCUT2D eigenvalue weighted by Crippen LogP contribution is 2.30. The molecule has 2 aromatic rings. The summed E-state index contributed by atoms with van der Waals surface area (Å²) in [5, 5.41) is 5.92. The van der Waals surface area contributed by atoms with Crippen LogP contribution in [0.2, 0.25) is 0 Å². The van der Waals surface area contributed by atoms with Gasteiger partial charge in [-0.05, 0) is 44.4 Å². The van der Waals surface area contributed by atoms with Gasteiger partial charge in [0.15, 0.2) is 0 Å². The molecule has 1 aliphatic rings. The lowest BCUT2D eigenvalue weighted by molar-refractivity contribution is 0.0936. The van der Waals surface area contributed by atoms with Gasteiger partial charge in [0, 0.05) is 31.2 Å². The van der Waals surface area contributed by atoms with Gasteiger partial charge in [0.05, 0.1) is 17.3 Å². The average Bonchev–Trinajstić information content (AvgIpc) is 2.78. The van der Waals surface area contributed by atoms with Crippen LogP contribution in [0.4, 0.5) is 4.79 Å². The highest BCUT2D eigenvalue weighted by atomic mass is 16.2. The first kappa shape index (κ1) is 21.6. The Kier molecular flexibility index (Phi) is 7.22. The smallest absolute Gasteiger partial charge is 0.317 e. The predicted octanol–water partition coefficient (Wildman–Crippen LogP) is 3.96. The van der Waals surface area contributed by atoms with Crippen molar-refractivity contribution in [3.05, 3.63) is 77.6 Å². The standard InChI is InChI=1S/C24H30N4O2/c1-4-14-25-24(30)28-15-12-20(13-16-28)22-21(11-10-17(2)26-22)23(29)27-18(3)19-8-6-5-7-9-19/h4-11,18,20H,1,12-16H2,2-3H3,(H,25,30)(H,27,29). The van der Waals surface area contributed by atoms with Crippen LogP contribution in [0, 0.1) is 6.92 Å². The number of aromatic nitrogens is 1. The molecule has 158 valence electrons. The molecule has 1 aromatic carbocycles. The molecular weight excluding hydrogens is 376 g/mol. The van der Waals surface area contributed by atoms with E-state index in [-0.39, 0.29) is 23.9 Å². The normalized spacial score (nSPS) is 15.3. The zero-order chi connectivity index (χ0) is 21.5. The molecule has 1 aromatic heterocycles. The number of urea groups is 1. The number of carbonyl (C=O) groups excluding carboxylic acids is 2. The minimum atomic E-state index is -0.111. The maximum Gasteiger partial charge on any atom is 0.317 e. The van der Waals surface area contributed by atoms with Gasteiger partial charge in [-0.25, -0.2) is 4.79 Å². The van der Waals surface area contributed by atoms with Gasteiger partial charge in [0.2, 0.25) is 0 Å². The Morgan fingerprint density at radius 2 is 1.90 bits per heavy atom. The monoisotopic (exact) mass is 406 g/mol. The first-order chi connectivity index (χ1) is 14.5. The molecule has 1 aliphatic heterocycles. The summed E-state index contributed by atoms with van der Waals surface area (Å²) in [7, 11) is 0. The SMILES string of the molecule is C=CCNC(=O)N1CCC(c2nc(C)ccc2C(=O)NC(C)c2ccccc2)CC1. The summed E-state index contributed by atoms with van der Waals surface area (Å²) in [6, 6.07) is 13.5. The zero-order valence-electron chi connectivity index (χ0n) is 17.7. The lowest BCUT2D eigenvalue weighted by Crippen LogP contribution is -2.44. The number of likely N-dealkylation sites (tertiary alicyclic amines) is 1. The van der Waals surface area contributed by atoms with E-state index < -0.39 is 0 Å². The molecule has 6 heteroatoms. The molecule has 3 amide bonds. The number of carbonyl (C=O) groups is 2. The Hall–Kier alpha value is -3.15. The van der Waals surface area contributed by atoms with E-state index in [0.29, 0.717) is 25.2 Å². The quantitative estimate of drug-likeness (QED) is 0.713. The van der Waals surface area contributed by atoms with Crippen LogP contribution >= 0.6 is 0 Å². The number of rotatable bonds is 6. The molecule has 0 saturated carbocycles. The summed E-state index contributed by atoms with van der Waals surface area (Å²) in [6.45, 7) is 9.29. The van der Waals surface area contributed by atoms with Gasteiger partial charge in [-0.2, -0.15) is 0 Å². The Morgan fingerprint density at radius 1 is 1.20 bits per heavy atom. The van der Waals surface area contributed by atoms with Crippen LogP contribution in [0.1, 0.15) is 59.0 Å². The van der Waals surface area contributed by atoms with Crippen molar-refractivity contribution in [2.24, 2.45) is 0 Å².